The molecule has 0 fully saturated rings. The van der Waals surface area contributed by atoms with Crippen LogP contribution < -0.4 is 10.0 Å². The Morgan fingerprint density at radius 2 is 2.00 bits per heavy atom. The van der Waals surface area contributed by atoms with Gasteiger partial charge in [-0.05, 0) is 6.07 Å². The number of para-hydroxylation sites is 1. The van der Waals surface area contributed by atoms with Crippen molar-refractivity contribution < 1.29 is 18.6 Å². The molecule has 0 spiro atoms. The Bertz CT molecular complexity index is 488. The van der Waals surface area contributed by atoms with Gasteiger partial charge in [0.2, 0.25) is 10.0 Å². The van der Waals surface area contributed by atoms with E-state index in [-0.39, 0.29) is 23.8 Å². The predicted octanol–water partition coefficient (Wildman–Crippen LogP) is 0.127. The van der Waals surface area contributed by atoms with Gasteiger partial charge in [0.05, 0.1) is 5.75 Å². The highest BCUT2D eigenvalue weighted by Gasteiger charge is 2.08. The summed E-state index contributed by atoms with van der Waals surface area (Å²) < 4.78 is 25.0. The van der Waals surface area contributed by atoms with E-state index in [4.69, 9.17) is 0 Å². The topological polar surface area (TPSA) is 98.7 Å². The van der Waals surface area contributed by atoms with Crippen molar-refractivity contribution in [3.8, 4) is 11.5 Å². The van der Waals surface area contributed by atoms with E-state index >= 15 is 0 Å². The van der Waals surface area contributed by atoms with Gasteiger partial charge in [-0.3, -0.25) is 0 Å². The van der Waals surface area contributed by atoms with E-state index < -0.39 is 10.0 Å². The van der Waals surface area contributed by atoms with Gasteiger partial charge in [-0.1, -0.05) is 19.1 Å². The van der Waals surface area contributed by atoms with Crippen molar-refractivity contribution >= 4 is 10.0 Å². The Balaban J connectivity index is 2.41. The smallest absolute Gasteiger partial charge is 0.212 e. The van der Waals surface area contributed by atoms with E-state index in [1.54, 1.807) is 19.1 Å². The van der Waals surface area contributed by atoms with Crippen LogP contribution in [0.15, 0.2) is 18.2 Å². The van der Waals surface area contributed by atoms with Gasteiger partial charge in [-0.2, -0.15) is 0 Å². The minimum Gasteiger partial charge on any atom is -0.504 e. The minimum absolute atomic E-state index is 0.0274. The number of nitrogens with one attached hydrogen (secondary N) is 2. The maximum Gasteiger partial charge on any atom is 0.212 e. The summed E-state index contributed by atoms with van der Waals surface area (Å²) in [4.78, 5) is 0. The standard InChI is InChI=1S/C11H18N2O4S/c1-2-13-18(16,17)7-6-12-8-9-4-3-5-10(14)11(9)15/h3-5,12-15H,2,6-8H2,1H3. The third-order valence-corrected chi connectivity index (χ3v) is 3.80. The van der Waals surface area contributed by atoms with Gasteiger partial charge in [0.25, 0.3) is 0 Å². The fraction of sp³-hybridized carbons (Fsp3) is 0.455. The quantitative estimate of drug-likeness (QED) is 0.418. The molecule has 0 bridgehead atoms. The van der Waals surface area contributed by atoms with Crippen LogP contribution in [0.1, 0.15) is 12.5 Å². The van der Waals surface area contributed by atoms with E-state index in [1.807, 2.05) is 0 Å². The Hall–Kier alpha value is -1.31. The normalized spacial score (nSPS) is 11.6. The highest BCUT2D eigenvalue weighted by Crippen LogP contribution is 2.27. The van der Waals surface area contributed by atoms with Crippen LogP contribution in [0.2, 0.25) is 0 Å². The zero-order valence-electron chi connectivity index (χ0n) is 10.2. The fourth-order valence-electron chi connectivity index (χ4n) is 1.44. The fourth-order valence-corrected chi connectivity index (χ4v) is 2.44. The van der Waals surface area contributed by atoms with Gasteiger partial charge in [0.1, 0.15) is 0 Å². The van der Waals surface area contributed by atoms with Gasteiger partial charge in [0, 0.05) is 25.2 Å². The molecule has 1 rings (SSSR count). The maximum atomic E-state index is 11.3. The molecule has 0 aliphatic heterocycles. The third kappa shape index (κ3) is 4.52. The number of phenols is 2. The predicted molar refractivity (Wildman–Crippen MR) is 68.9 cm³/mol. The van der Waals surface area contributed by atoms with E-state index in [0.717, 1.165) is 0 Å². The minimum atomic E-state index is -3.23. The first-order chi connectivity index (χ1) is 8.46. The number of benzene rings is 1. The van der Waals surface area contributed by atoms with Crippen LogP contribution in [-0.2, 0) is 16.6 Å². The summed E-state index contributed by atoms with van der Waals surface area (Å²) >= 11 is 0. The highest BCUT2D eigenvalue weighted by molar-refractivity contribution is 7.89. The van der Waals surface area contributed by atoms with Crippen LogP contribution in [0, 0.1) is 0 Å². The molecule has 102 valence electrons. The molecule has 4 N–H and O–H groups in total. The average Bonchev–Trinajstić information content (AvgIpc) is 2.29. The van der Waals surface area contributed by atoms with E-state index in [1.165, 1.54) is 6.07 Å². The monoisotopic (exact) mass is 274 g/mol. The van der Waals surface area contributed by atoms with Gasteiger partial charge in [0.15, 0.2) is 11.5 Å². The van der Waals surface area contributed by atoms with Gasteiger partial charge >= 0.3 is 0 Å². The summed E-state index contributed by atoms with van der Waals surface area (Å²) in [6.45, 7) is 2.65. The van der Waals surface area contributed by atoms with Crippen molar-refractivity contribution in [2.24, 2.45) is 0 Å². The molecule has 0 aromatic heterocycles. The molecule has 1 aromatic rings. The Morgan fingerprint density at radius 1 is 1.28 bits per heavy atom. The van der Waals surface area contributed by atoms with Crippen molar-refractivity contribution in [3.05, 3.63) is 23.8 Å². The lowest BCUT2D eigenvalue weighted by molar-refractivity contribution is 0.398. The zero-order valence-corrected chi connectivity index (χ0v) is 11.0. The number of hydrogen-bond donors (Lipinski definition) is 4. The summed E-state index contributed by atoms with van der Waals surface area (Å²) in [7, 11) is -3.23. The van der Waals surface area contributed by atoms with Crippen molar-refractivity contribution in [1.82, 2.24) is 10.0 Å². The zero-order chi connectivity index (χ0) is 13.6. The maximum absolute atomic E-state index is 11.3. The van der Waals surface area contributed by atoms with Crippen molar-refractivity contribution in [3.63, 3.8) is 0 Å². The van der Waals surface area contributed by atoms with E-state index in [9.17, 15) is 18.6 Å². The van der Waals surface area contributed by atoms with Crippen LogP contribution in [0.4, 0.5) is 0 Å². The molecule has 0 saturated carbocycles. The highest BCUT2D eigenvalue weighted by atomic mass is 32.2. The average molecular weight is 274 g/mol. The number of aromatic hydroxyl groups is 2. The second-order valence-corrected chi connectivity index (χ2v) is 5.70. The number of phenolic OH excluding ortho intramolecular Hbond substituents is 2. The second kappa shape index (κ2) is 6.58. The molecule has 0 atom stereocenters. The van der Waals surface area contributed by atoms with Crippen LogP contribution >= 0.6 is 0 Å². The molecule has 0 aliphatic carbocycles. The number of hydrogen-bond acceptors (Lipinski definition) is 5. The first-order valence-corrected chi connectivity index (χ1v) is 7.29. The lowest BCUT2D eigenvalue weighted by Gasteiger charge is -2.08. The molecular weight excluding hydrogens is 256 g/mol. The Morgan fingerprint density at radius 3 is 2.67 bits per heavy atom. The lowest BCUT2D eigenvalue weighted by Crippen LogP contribution is -2.31. The molecule has 0 radical (unpaired) electrons. The first kappa shape index (κ1) is 14.7. The SMILES string of the molecule is CCNS(=O)(=O)CCNCc1cccc(O)c1O. The first-order valence-electron chi connectivity index (χ1n) is 5.64. The molecule has 0 heterocycles. The summed E-state index contributed by atoms with van der Waals surface area (Å²) in [5.74, 6) is -0.394. The van der Waals surface area contributed by atoms with Crippen molar-refractivity contribution in [2.45, 2.75) is 13.5 Å². The summed E-state index contributed by atoms with van der Waals surface area (Å²) in [6, 6.07) is 4.65. The van der Waals surface area contributed by atoms with Gasteiger partial charge in [-0.15, -0.1) is 0 Å². The molecule has 0 amide bonds. The van der Waals surface area contributed by atoms with Crippen LogP contribution in [0.5, 0.6) is 11.5 Å². The number of sulfonamides is 1. The van der Waals surface area contributed by atoms with E-state index in [2.05, 4.69) is 10.0 Å². The van der Waals surface area contributed by atoms with Crippen LogP contribution in [0.3, 0.4) is 0 Å². The third-order valence-electron chi connectivity index (χ3n) is 2.33. The number of rotatable bonds is 7. The van der Waals surface area contributed by atoms with Gasteiger partial charge < -0.3 is 15.5 Å². The summed E-state index contributed by atoms with van der Waals surface area (Å²) in [6.07, 6.45) is 0. The van der Waals surface area contributed by atoms with Crippen LogP contribution in [-0.4, -0.2) is 37.5 Å². The molecule has 18 heavy (non-hydrogen) atoms. The molecule has 0 unspecified atom stereocenters. The van der Waals surface area contributed by atoms with E-state index in [0.29, 0.717) is 18.7 Å². The summed E-state index contributed by atoms with van der Waals surface area (Å²) in [5, 5.41) is 21.7. The molecule has 7 heteroatoms. The van der Waals surface area contributed by atoms with Crippen molar-refractivity contribution in [1.29, 1.82) is 0 Å². The van der Waals surface area contributed by atoms with Crippen LogP contribution in [0.25, 0.3) is 0 Å². The lowest BCUT2D eigenvalue weighted by atomic mass is 10.2. The van der Waals surface area contributed by atoms with Gasteiger partial charge in [-0.25, -0.2) is 13.1 Å². The molecule has 0 saturated heterocycles. The Labute approximate surface area is 107 Å². The molecule has 6 nitrogen and oxygen atoms in total. The molecule has 0 aliphatic rings. The largest absolute Gasteiger partial charge is 0.504 e. The summed E-state index contributed by atoms with van der Waals surface area (Å²) in [5.41, 5.74) is 0.524. The molecular formula is C11H18N2O4S. The Kier molecular flexibility index (Phi) is 5.39. The second-order valence-electron chi connectivity index (χ2n) is 3.78. The molecule has 1 aromatic carbocycles. The van der Waals surface area contributed by atoms with Crippen molar-refractivity contribution in [2.75, 3.05) is 18.8 Å².